The highest BCUT2D eigenvalue weighted by Gasteiger charge is 2.32. The van der Waals surface area contributed by atoms with Crippen LogP contribution in [-0.4, -0.2) is 77.1 Å². The number of piperazine rings is 1. The van der Waals surface area contributed by atoms with E-state index in [0.717, 1.165) is 70.4 Å². The van der Waals surface area contributed by atoms with Crippen LogP contribution in [0.1, 0.15) is 65.4 Å². The van der Waals surface area contributed by atoms with Gasteiger partial charge in [0.25, 0.3) is 0 Å². The number of fused-ring (bicyclic) bond motifs is 1. The number of unbranched alkanes of at least 4 members (excludes halogenated alkanes) is 3. The average Bonchev–Trinajstić information content (AvgIpc) is 3.04. The van der Waals surface area contributed by atoms with E-state index < -0.39 is 0 Å². The van der Waals surface area contributed by atoms with Gasteiger partial charge in [0.1, 0.15) is 11.6 Å². The number of amides is 1. The number of ether oxygens (including phenoxy) is 1. The van der Waals surface area contributed by atoms with Crippen molar-refractivity contribution < 1.29 is 9.53 Å². The van der Waals surface area contributed by atoms with Crippen molar-refractivity contribution in [2.24, 2.45) is 0 Å². The number of nitrogens with zero attached hydrogens (tertiary/aromatic N) is 5. The highest BCUT2D eigenvalue weighted by molar-refractivity contribution is 6.01. The predicted molar refractivity (Wildman–Crippen MR) is 125 cm³/mol. The van der Waals surface area contributed by atoms with Crippen LogP contribution in [-0.2, 0) is 11.2 Å². The van der Waals surface area contributed by atoms with Gasteiger partial charge in [-0.15, -0.1) is 0 Å². The van der Waals surface area contributed by atoms with Gasteiger partial charge in [-0.3, -0.25) is 14.6 Å². The number of carbonyl (C=O) groups is 1. The molecule has 0 saturated carbocycles. The summed E-state index contributed by atoms with van der Waals surface area (Å²) in [6.07, 6.45) is 5.48. The summed E-state index contributed by atoms with van der Waals surface area (Å²) in [5, 5.41) is 0. The monoisotopic (exact) mass is 432 g/mol. The van der Waals surface area contributed by atoms with Crippen molar-refractivity contribution in [2.75, 3.05) is 56.5 Å². The maximum Gasteiger partial charge on any atom is 0.320 e. The summed E-state index contributed by atoms with van der Waals surface area (Å²) in [6, 6.07) is 0.277. The molecule has 0 bridgehead atoms. The molecule has 0 aromatic carbocycles. The second kappa shape index (κ2) is 10.6. The van der Waals surface area contributed by atoms with E-state index in [0.29, 0.717) is 24.8 Å². The van der Waals surface area contributed by atoms with E-state index in [1.54, 1.807) is 4.90 Å². The maximum absolute atomic E-state index is 12.5. The SMILES string of the molecule is CCCCOc1nc(N)c2c(n1)N(CCCCCN1CCN(C(C)(C)C)CC1)C(=O)C2. The van der Waals surface area contributed by atoms with Crippen molar-refractivity contribution in [3.05, 3.63) is 5.56 Å². The Hall–Kier alpha value is -1.93. The zero-order valence-corrected chi connectivity index (χ0v) is 19.8. The van der Waals surface area contributed by atoms with Crippen molar-refractivity contribution in [2.45, 2.75) is 71.8 Å². The first-order valence-electron chi connectivity index (χ1n) is 11.9. The molecule has 3 heterocycles. The van der Waals surface area contributed by atoms with E-state index in [1.165, 1.54) is 0 Å². The lowest BCUT2D eigenvalue weighted by Crippen LogP contribution is -2.53. The molecule has 2 aliphatic heterocycles. The number of hydrogen-bond donors (Lipinski definition) is 1. The zero-order valence-electron chi connectivity index (χ0n) is 19.8. The fourth-order valence-electron chi connectivity index (χ4n) is 4.25. The van der Waals surface area contributed by atoms with Gasteiger partial charge in [-0.1, -0.05) is 19.8 Å². The van der Waals surface area contributed by atoms with Gasteiger partial charge in [0.2, 0.25) is 5.91 Å². The number of hydrogen-bond acceptors (Lipinski definition) is 7. The summed E-state index contributed by atoms with van der Waals surface area (Å²) in [5.41, 5.74) is 7.08. The van der Waals surface area contributed by atoms with Crippen LogP contribution in [0, 0.1) is 0 Å². The van der Waals surface area contributed by atoms with Crippen molar-refractivity contribution in [3.8, 4) is 6.01 Å². The Morgan fingerprint density at radius 3 is 2.39 bits per heavy atom. The van der Waals surface area contributed by atoms with Crippen LogP contribution >= 0.6 is 0 Å². The second-order valence-corrected chi connectivity index (χ2v) is 9.68. The third-order valence-electron chi connectivity index (χ3n) is 6.29. The molecule has 31 heavy (non-hydrogen) atoms. The van der Waals surface area contributed by atoms with E-state index in [1.807, 2.05) is 0 Å². The number of anilines is 2. The Morgan fingerprint density at radius 2 is 1.71 bits per heavy atom. The van der Waals surface area contributed by atoms with Gasteiger partial charge in [0.05, 0.1) is 13.0 Å². The Morgan fingerprint density at radius 1 is 1.00 bits per heavy atom. The van der Waals surface area contributed by atoms with Crippen LogP contribution in [0.3, 0.4) is 0 Å². The van der Waals surface area contributed by atoms with Crippen LogP contribution < -0.4 is 15.4 Å². The highest BCUT2D eigenvalue weighted by Crippen LogP contribution is 2.32. The summed E-state index contributed by atoms with van der Waals surface area (Å²) in [5.74, 6) is 1.06. The fraction of sp³-hybridized carbons (Fsp3) is 0.783. The molecule has 0 spiro atoms. The summed E-state index contributed by atoms with van der Waals surface area (Å²) in [4.78, 5) is 28.1. The zero-order chi connectivity index (χ0) is 22.4. The van der Waals surface area contributed by atoms with Gasteiger partial charge in [-0.25, -0.2) is 0 Å². The number of rotatable bonds is 10. The smallest absolute Gasteiger partial charge is 0.320 e. The molecule has 0 aliphatic carbocycles. The summed E-state index contributed by atoms with van der Waals surface area (Å²) < 4.78 is 5.63. The van der Waals surface area contributed by atoms with Crippen molar-refractivity contribution >= 4 is 17.5 Å². The van der Waals surface area contributed by atoms with Crippen LogP contribution in [0.4, 0.5) is 11.6 Å². The third kappa shape index (κ3) is 6.29. The molecule has 1 amide bonds. The normalized spacial score (nSPS) is 17.9. The second-order valence-electron chi connectivity index (χ2n) is 9.68. The first-order chi connectivity index (χ1) is 14.8. The summed E-state index contributed by atoms with van der Waals surface area (Å²) in [6.45, 7) is 15.9. The van der Waals surface area contributed by atoms with Crippen LogP contribution in [0.2, 0.25) is 0 Å². The lowest BCUT2D eigenvalue weighted by Gasteiger charge is -2.42. The lowest BCUT2D eigenvalue weighted by molar-refractivity contribution is -0.117. The number of carbonyl (C=O) groups excluding carboxylic acids is 1. The van der Waals surface area contributed by atoms with Gasteiger partial charge in [-0.2, -0.15) is 9.97 Å². The predicted octanol–water partition coefficient (Wildman–Crippen LogP) is 2.71. The van der Waals surface area contributed by atoms with Gasteiger partial charge in [0, 0.05) is 43.8 Å². The topological polar surface area (TPSA) is 87.8 Å². The molecule has 2 aliphatic rings. The highest BCUT2D eigenvalue weighted by atomic mass is 16.5. The Bertz CT molecular complexity index is 740. The van der Waals surface area contributed by atoms with Gasteiger partial charge >= 0.3 is 6.01 Å². The molecule has 1 fully saturated rings. The van der Waals surface area contributed by atoms with Gasteiger partial charge < -0.3 is 15.4 Å². The first kappa shape index (κ1) is 23.7. The van der Waals surface area contributed by atoms with E-state index in [-0.39, 0.29) is 23.9 Å². The van der Waals surface area contributed by atoms with Gasteiger partial charge in [-0.05, 0) is 46.6 Å². The molecule has 0 atom stereocenters. The molecule has 174 valence electrons. The molecule has 2 N–H and O–H groups in total. The minimum absolute atomic E-state index is 0.0556. The fourth-order valence-corrected chi connectivity index (χ4v) is 4.25. The molecule has 1 aromatic rings. The van der Waals surface area contributed by atoms with Crippen LogP contribution in [0.25, 0.3) is 0 Å². The average molecular weight is 433 g/mol. The molecule has 0 radical (unpaired) electrons. The Labute approximate surface area is 187 Å². The molecule has 0 unspecified atom stereocenters. The van der Waals surface area contributed by atoms with Crippen molar-refractivity contribution in [3.63, 3.8) is 0 Å². The van der Waals surface area contributed by atoms with Crippen LogP contribution in [0.5, 0.6) is 6.01 Å². The Balaban J connectivity index is 1.43. The van der Waals surface area contributed by atoms with Crippen LogP contribution in [0.15, 0.2) is 0 Å². The minimum Gasteiger partial charge on any atom is -0.463 e. The molecule has 1 aromatic heterocycles. The lowest BCUT2D eigenvalue weighted by atomic mass is 10.0. The number of nitrogens with two attached hydrogens (primary N) is 1. The van der Waals surface area contributed by atoms with Crippen molar-refractivity contribution in [1.29, 1.82) is 0 Å². The summed E-state index contributed by atoms with van der Waals surface area (Å²) >= 11 is 0. The van der Waals surface area contributed by atoms with Crippen molar-refractivity contribution in [1.82, 2.24) is 19.8 Å². The molecule has 8 heteroatoms. The molecule has 8 nitrogen and oxygen atoms in total. The molecule has 3 rings (SSSR count). The van der Waals surface area contributed by atoms with E-state index in [4.69, 9.17) is 10.5 Å². The maximum atomic E-state index is 12.5. The Kier molecular flexibility index (Phi) is 8.11. The largest absolute Gasteiger partial charge is 0.463 e. The molecular weight excluding hydrogens is 392 g/mol. The standard InChI is InChI=1S/C23H40N6O2/c1-5-6-16-31-22-25-20(24)18-17-19(30)29(21(18)26-22)11-9-7-8-10-27-12-14-28(15-13-27)23(2,3)4/h5-17H2,1-4H3,(H2,24,25,26). The van der Waals surface area contributed by atoms with E-state index >= 15 is 0 Å². The number of nitrogen functional groups attached to an aromatic ring is 1. The van der Waals surface area contributed by atoms with E-state index in [9.17, 15) is 4.79 Å². The number of aromatic nitrogens is 2. The summed E-state index contributed by atoms with van der Waals surface area (Å²) in [7, 11) is 0. The quantitative estimate of drug-likeness (QED) is 0.569. The van der Waals surface area contributed by atoms with Gasteiger partial charge in [0.15, 0.2) is 0 Å². The molecular formula is C23H40N6O2. The first-order valence-corrected chi connectivity index (χ1v) is 11.9. The molecule has 1 saturated heterocycles. The third-order valence-corrected chi connectivity index (χ3v) is 6.29. The van der Waals surface area contributed by atoms with E-state index in [2.05, 4.69) is 47.5 Å². The minimum atomic E-state index is 0.0556.